The number of nitrogens with zero attached hydrogens (tertiary/aromatic N) is 4. The van der Waals surface area contributed by atoms with Crippen LogP contribution < -0.4 is 10.2 Å². The fourth-order valence-electron chi connectivity index (χ4n) is 3.49. The number of nitrogens with one attached hydrogen (secondary N) is 2. The normalized spacial score (nSPS) is 19.5. The highest BCUT2D eigenvalue weighted by Gasteiger charge is 2.26. The van der Waals surface area contributed by atoms with E-state index >= 15 is 0 Å². The number of benzene rings is 1. The van der Waals surface area contributed by atoms with Crippen LogP contribution in [-0.2, 0) is 0 Å². The van der Waals surface area contributed by atoms with E-state index in [2.05, 4.69) is 31.2 Å². The number of aromatic nitrogens is 2. The summed E-state index contributed by atoms with van der Waals surface area (Å²) >= 11 is 0. The van der Waals surface area contributed by atoms with Crippen molar-refractivity contribution in [3.8, 4) is 0 Å². The van der Waals surface area contributed by atoms with Crippen LogP contribution >= 0.6 is 0 Å². The highest BCUT2D eigenvalue weighted by molar-refractivity contribution is 6.21. The van der Waals surface area contributed by atoms with E-state index in [-0.39, 0.29) is 12.0 Å². The first-order valence-corrected chi connectivity index (χ1v) is 8.83. The molecule has 1 fully saturated rings. The molecule has 4 rings (SSSR count). The van der Waals surface area contributed by atoms with Gasteiger partial charge < -0.3 is 20.7 Å². The van der Waals surface area contributed by atoms with Gasteiger partial charge in [0, 0.05) is 43.4 Å². The predicted molar refractivity (Wildman–Crippen MR) is 102 cm³/mol. The number of likely N-dealkylation sites (N-methyl/N-ethyl adjacent to an activating group) is 1. The Kier molecular flexibility index (Phi) is 4.48. The summed E-state index contributed by atoms with van der Waals surface area (Å²) < 4.78 is 0. The van der Waals surface area contributed by atoms with E-state index in [9.17, 15) is 5.11 Å². The maximum Gasteiger partial charge on any atom is 0.132 e. The van der Waals surface area contributed by atoms with Gasteiger partial charge in [-0.15, -0.1) is 0 Å². The summed E-state index contributed by atoms with van der Waals surface area (Å²) in [6, 6.07) is 8.07. The second-order valence-electron chi connectivity index (χ2n) is 6.72. The molecular formula is C19H22N6O. The molecule has 2 aliphatic heterocycles. The number of hydrogen-bond acceptors (Lipinski definition) is 7. The highest BCUT2D eigenvalue weighted by atomic mass is 16.3. The quantitative estimate of drug-likeness (QED) is 0.585. The zero-order chi connectivity index (χ0) is 18.1. The van der Waals surface area contributed by atoms with Gasteiger partial charge in [-0.05, 0) is 31.2 Å². The largest absolute Gasteiger partial charge is 0.391 e. The Morgan fingerprint density at radius 1 is 1.38 bits per heavy atom. The molecule has 1 saturated heterocycles. The van der Waals surface area contributed by atoms with Crippen molar-refractivity contribution < 1.29 is 5.11 Å². The summed E-state index contributed by atoms with van der Waals surface area (Å²) in [4.78, 5) is 15.4. The van der Waals surface area contributed by atoms with Crippen LogP contribution in [0.25, 0.3) is 0 Å². The average molecular weight is 350 g/mol. The lowest BCUT2D eigenvalue weighted by Crippen LogP contribution is -2.23. The van der Waals surface area contributed by atoms with Crippen LogP contribution in [0.1, 0.15) is 29.2 Å². The minimum Gasteiger partial charge on any atom is -0.391 e. The lowest BCUT2D eigenvalue weighted by molar-refractivity contribution is 0.198. The molecule has 1 aromatic heterocycles. The summed E-state index contributed by atoms with van der Waals surface area (Å²) in [7, 11) is 1.89. The van der Waals surface area contributed by atoms with Crippen LogP contribution in [-0.4, -0.2) is 59.8 Å². The van der Waals surface area contributed by atoms with E-state index in [0.29, 0.717) is 6.54 Å². The molecule has 26 heavy (non-hydrogen) atoms. The fraction of sp³-hybridized carbons (Fsp3) is 0.368. The van der Waals surface area contributed by atoms with Gasteiger partial charge >= 0.3 is 0 Å². The van der Waals surface area contributed by atoms with E-state index in [1.165, 1.54) is 6.21 Å². The molecule has 3 N–H and O–H groups in total. The number of fused-ring (bicyclic) bond motifs is 1. The SMILES string of the molecule is CNCC(C=N)c1ccc2c(c1)C(c1cc(N3CCC(O)C3)ncn1)=N2. The molecule has 2 atom stereocenters. The Hall–Kier alpha value is -2.64. The molecule has 2 aromatic rings. The highest BCUT2D eigenvalue weighted by Crippen LogP contribution is 2.35. The maximum atomic E-state index is 9.74. The van der Waals surface area contributed by atoms with Crippen LogP contribution in [0, 0.1) is 5.41 Å². The van der Waals surface area contributed by atoms with Gasteiger partial charge in [-0.3, -0.25) is 0 Å². The first-order chi connectivity index (χ1) is 12.7. The van der Waals surface area contributed by atoms with Crippen LogP contribution in [0.3, 0.4) is 0 Å². The van der Waals surface area contributed by atoms with Gasteiger partial charge in [-0.25, -0.2) is 15.0 Å². The molecule has 2 aliphatic rings. The molecule has 2 unspecified atom stereocenters. The molecule has 7 nitrogen and oxygen atoms in total. The van der Waals surface area contributed by atoms with E-state index in [4.69, 9.17) is 5.41 Å². The van der Waals surface area contributed by atoms with Gasteiger partial charge in [0.1, 0.15) is 12.1 Å². The van der Waals surface area contributed by atoms with Crippen molar-refractivity contribution in [3.05, 3.63) is 47.4 Å². The molecule has 0 radical (unpaired) electrons. The summed E-state index contributed by atoms with van der Waals surface area (Å²) in [5, 5.41) is 20.5. The average Bonchev–Trinajstić information content (AvgIpc) is 3.08. The third-order valence-electron chi connectivity index (χ3n) is 4.94. The van der Waals surface area contributed by atoms with Gasteiger partial charge in [0.05, 0.1) is 23.2 Å². The van der Waals surface area contributed by atoms with Crippen LogP contribution in [0.4, 0.5) is 11.5 Å². The van der Waals surface area contributed by atoms with E-state index < -0.39 is 0 Å². The van der Waals surface area contributed by atoms with E-state index in [0.717, 1.165) is 53.5 Å². The van der Waals surface area contributed by atoms with Crippen LogP contribution in [0.5, 0.6) is 0 Å². The third kappa shape index (κ3) is 3.00. The first kappa shape index (κ1) is 16.8. The van der Waals surface area contributed by atoms with E-state index in [1.807, 2.05) is 25.2 Å². The standard InChI is InChI=1S/C19H22N6O/c1-21-9-13(8-20)12-2-3-16-15(6-12)19(24-16)17-7-18(23-11-22-17)25-5-4-14(26)10-25/h2-3,6-8,11,13-14,20-21,26H,4-5,9-10H2,1H3. The molecule has 3 heterocycles. The summed E-state index contributed by atoms with van der Waals surface area (Å²) in [5.41, 5.74) is 4.77. The number of anilines is 1. The number of aliphatic imine (C=N–C) groups is 1. The summed E-state index contributed by atoms with van der Waals surface area (Å²) in [5.74, 6) is 0.866. The van der Waals surface area contributed by atoms with Crippen molar-refractivity contribution in [2.75, 3.05) is 31.6 Å². The monoisotopic (exact) mass is 350 g/mol. The van der Waals surface area contributed by atoms with Crippen molar-refractivity contribution in [3.63, 3.8) is 0 Å². The predicted octanol–water partition coefficient (Wildman–Crippen LogP) is 1.48. The lowest BCUT2D eigenvalue weighted by Gasteiger charge is -2.22. The van der Waals surface area contributed by atoms with Crippen molar-refractivity contribution in [2.45, 2.75) is 18.4 Å². The molecule has 1 aromatic carbocycles. The smallest absolute Gasteiger partial charge is 0.132 e. The molecule has 7 heteroatoms. The molecule has 0 bridgehead atoms. The zero-order valence-corrected chi connectivity index (χ0v) is 14.7. The topological polar surface area (TPSA) is 97.5 Å². The fourth-order valence-corrected chi connectivity index (χ4v) is 3.49. The Balaban J connectivity index is 1.60. The zero-order valence-electron chi connectivity index (χ0n) is 14.7. The molecule has 0 amide bonds. The molecule has 0 saturated carbocycles. The second kappa shape index (κ2) is 6.93. The molecule has 134 valence electrons. The Bertz CT molecular complexity index is 865. The third-order valence-corrected chi connectivity index (χ3v) is 4.94. The Morgan fingerprint density at radius 3 is 3.00 bits per heavy atom. The summed E-state index contributed by atoms with van der Waals surface area (Å²) in [6.45, 7) is 2.13. The number of aliphatic hydroxyl groups excluding tert-OH is 1. The van der Waals surface area contributed by atoms with Crippen molar-refractivity contribution in [1.82, 2.24) is 15.3 Å². The Morgan fingerprint density at radius 2 is 2.27 bits per heavy atom. The Labute approximate surface area is 152 Å². The number of rotatable bonds is 6. The molecule has 0 spiro atoms. The van der Waals surface area contributed by atoms with Crippen molar-refractivity contribution >= 4 is 23.4 Å². The number of hydrogen-bond donors (Lipinski definition) is 3. The van der Waals surface area contributed by atoms with Gasteiger partial charge in [0.25, 0.3) is 0 Å². The molecule has 0 aliphatic carbocycles. The lowest BCUT2D eigenvalue weighted by atomic mass is 9.92. The minimum atomic E-state index is -0.289. The first-order valence-electron chi connectivity index (χ1n) is 8.83. The van der Waals surface area contributed by atoms with Crippen LogP contribution in [0.2, 0.25) is 0 Å². The van der Waals surface area contributed by atoms with Crippen molar-refractivity contribution in [1.29, 1.82) is 5.41 Å². The molecular weight excluding hydrogens is 328 g/mol. The van der Waals surface area contributed by atoms with Gasteiger partial charge in [-0.1, -0.05) is 6.07 Å². The van der Waals surface area contributed by atoms with Gasteiger partial charge in [0.15, 0.2) is 0 Å². The number of β-amino-alcohol motifs (C(OH)–C–C–N with tert-alkyl or cyclic N) is 1. The van der Waals surface area contributed by atoms with Crippen LogP contribution in [0.15, 0.2) is 35.6 Å². The maximum absolute atomic E-state index is 9.74. The summed E-state index contributed by atoms with van der Waals surface area (Å²) in [6.07, 6.45) is 3.50. The minimum absolute atomic E-state index is 0.0409. The number of aliphatic hydroxyl groups is 1. The van der Waals surface area contributed by atoms with E-state index in [1.54, 1.807) is 6.33 Å². The van der Waals surface area contributed by atoms with Gasteiger partial charge in [0.2, 0.25) is 0 Å². The second-order valence-corrected chi connectivity index (χ2v) is 6.72. The van der Waals surface area contributed by atoms with Crippen molar-refractivity contribution in [2.24, 2.45) is 4.99 Å². The van der Waals surface area contributed by atoms with Gasteiger partial charge in [-0.2, -0.15) is 0 Å².